The number of carbonyl (C=O) groups is 1. The number of fused-ring (bicyclic) bond motifs is 1. The van der Waals surface area contributed by atoms with Crippen LogP contribution in [-0.4, -0.2) is 142 Å². The van der Waals surface area contributed by atoms with Crippen molar-refractivity contribution in [1.29, 1.82) is 0 Å². The molecule has 0 radical (unpaired) electrons. The van der Waals surface area contributed by atoms with E-state index in [-0.39, 0.29) is 17.7 Å². The van der Waals surface area contributed by atoms with Gasteiger partial charge in [0.05, 0.1) is 26.4 Å². The molecule has 6 N–H and O–H groups in total. The molecule has 1 aliphatic heterocycles. The molecule has 2 aromatic heterocycles. The fourth-order valence-corrected chi connectivity index (χ4v) is 12.4. The molecule has 0 bridgehead atoms. The minimum Gasteiger partial charge on any atom is -0.508 e. The lowest BCUT2D eigenvalue weighted by atomic mass is 9.89. The summed E-state index contributed by atoms with van der Waals surface area (Å²) in [5.41, 5.74) is 4.12. The van der Waals surface area contributed by atoms with Crippen molar-refractivity contribution in [2.45, 2.75) is 101 Å². The van der Waals surface area contributed by atoms with Crippen molar-refractivity contribution >= 4 is 54.7 Å². The van der Waals surface area contributed by atoms with Gasteiger partial charge in [-0.25, -0.2) is 4.98 Å². The average molecular weight is 963 g/mol. The van der Waals surface area contributed by atoms with Crippen molar-refractivity contribution in [3.8, 4) is 22.3 Å². The summed E-state index contributed by atoms with van der Waals surface area (Å²) in [4.78, 5) is 38.9. The first-order valence-electron chi connectivity index (χ1n) is 25.5. The Bertz CT molecular complexity index is 2210. The number of para-hydroxylation sites is 1. The normalized spacial score (nSPS) is 17.9. The van der Waals surface area contributed by atoms with Crippen molar-refractivity contribution in [1.82, 2.24) is 45.8 Å². The van der Waals surface area contributed by atoms with Gasteiger partial charge in [-0.15, -0.1) is 11.3 Å². The Balaban J connectivity index is 0.965. The largest absolute Gasteiger partial charge is 0.508 e. The zero-order valence-corrected chi connectivity index (χ0v) is 42.4. The predicted octanol–water partition coefficient (Wildman–Crippen LogP) is 5.96. The van der Waals surface area contributed by atoms with E-state index in [0.717, 1.165) is 118 Å². The fourth-order valence-electron chi connectivity index (χ4n) is 9.76. The number of anilines is 3. The molecule has 17 heteroatoms. The zero-order valence-electron chi connectivity index (χ0n) is 40.1. The summed E-state index contributed by atoms with van der Waals surface area (Å²) < 4.78 is 10.3. The van der Waals surface area contributed by atoms with Gasteiger partial charge in [-0.3, -0.25) is 4.79 Å². The Hall–Kier alpha value is -4.91. The van der Waals surface area contributed by atoms with Gasteiger partial charge in [0.1, 0.15) is 23.4 Å². The molecule has 1 atom stereocenters. The number of phenols is 1. The number of rotatable bonds is 19. The highest BCUT2D eigenvalue weighted by atomic mass is 32.1. The zero-order chi connectivity index (χ0) is 46.8. The summed E-state index contributed by atoms with van der Waals surface area (Å²) in [5, 5.41) is 28.5. The van der Waals surface area contributed by atoms with E-state index in [2.05, 4.69) is 90.5 Å². The van der Waals surface area contributed by atoms with E-state index >= 15 is 0 Å². The Morgan fingerprint density at radius 3 is 2.16 bits per heavy atom. The predicted molar refractivity (Wildman–Crippen MR) is 280 cm³/mol. The summed E-state index contributed by atoms with van der Waals surface area (Å²) in [5.74, 6) is 1.05. The maximum absolute atomic E-state index is 14.3. The number of thiazole rings is 1. The molecule has 1 saturated heterocycles. The van der Waals surface area contributed by atoms with E-state index in [1.165, 1.54) is 43.2 Å². The summed E-state index contributed by atoms with van der Waals surface area (Å²) in [6.07, 6.45) is 13.1. The Morgan fingerprint density at radius 1 is 0.824 bits per heavy atom. The number of benzene rings is 3. The second-order valence-electron chi connectivity index (χ2n) is 18.7. The van der Waals surface area contributed by atoms with E-state index in [1.807, 2.05) is 18.2 Å². The molecule has 2 aliphatic carbocycles. The number of aromatic nitrogens is 4. The lowest BCUT2D eigenvalue weighted by molar-refractivity contribution is -0.121. The van der Waals surface area contributed by atoms with Gasteiger partial charge >= 0.3 is 6.01 Å². The number of phenolic OH excluding ortho intramolecular Hbond substituents is 1. The molecule has 3 heterocycles. The Morgan fingerprint density at radius 2 is 1.49 bits per heavy atom. The minimum absolute atomic E-state index is 0.107. The van der Waals surface area contributed by atoms with Crippen LogP contribution >= 0.6 is 11.3 Å². The van der Waals surface area contributed by atoms with Crippen LogP contribution in [-0.2, 0) is 11.2 Å². The quantitative estimate of drug-likeness (QED) is 0.0424. The first-order valence-corrected chi connectivity index (χ1v) is 27.9. The standard InChI is InChI=1S/C51H74N12O3SSi/c1-61(40-21-19-39(20-22-40)48-56-44-15-8-9-16-46(44)67-48)34-35-66-51-59-49(58-50(60-51)63(41-11-4-2-5-12-41)42-13-6-3-7-14-42)57-45(37-38-17-23-43(64)24-18-38)47(65)55-25-10-36-68-62-32-30-53-28-26-52-27-29-54-31-33-62/h8-9,15-24,41-42,45,52-54,64H,2-7,10-14,25-37,68H2,1H3,(H,55,65)(H,57,58,59,60). The monoisotopic (exact) mass is 963 g/mol. The molecule has 3 aromatic carbocycles. The number of nitrogens with one attached hydrogen (secondary N) is 5. The van der Waals surface area contributed by atoms with E-state index in [0.29, 0.717) is 50.1 Å². The van der Waals surface area contributed by atoms with Crippen molar-refractivity contribution in [3.05, 3.63) is 78.4 Å². The smallest absolute Gasteiger partial charge is 0.323 e. The molecule has 1 unspecified atom stereocenters. The van der Waals surface area contributed by atoms with E-state index < -0.39 is 15.7 Å². The maximum atomic E-state index is 14.3. The van der Waals surface area contributed by atoms with Gasteiger partial charge in [-0.05, 0) is 92.2 Å². The van der Waals surface area contributed by atoms with Crippen LogP contribution in [0.4, 0.5) is 17.6 Å². The fraction of sp³-hybridized carbons (Fsp3) is 0.549. The lowest BCUT2D eigenvalue weighted by Gasteiger charge is -2.41. The molecule has 68 heavy (non-hydrogen) atoms. The van der Waals surface area contributed by atoms with E-state index in [4.69, 9.17) is 24.7 Å². The lowest BCUT2D eigenvalue weighted by Crippen LogP contribution is -2.46. The summed E-state index contributed by atoms with van der Waals surface area (Å²) in [6.45, 7) is 9.65. The van der Waals surface area contributed by atoms with Gasteiger partial charge < -0.3 is 50.8 Å². The molecular formula is C51H74N12O3SSi. The number of likely N-dealkylation sites (N-methyl/N-ethyl adjacent to an activating group) is 1. The molecule has 3 fully saturated rings. The second kappa shape index (κ2) is 26.2. The van der Waals surface area contributed by atoms with Crippen molar-refractivity contribution in [2.75, 3.05) is 94.2 Å². The van der Waals surface area contributed by atoms with Crippen LogP contribution in [0.5, 0.6) is 11.8 Å². The topological polar surface area (TPSA) is 168 Å². The highest BCUT2D eigenvalue weighted by molar-refractivity contribution is 7.21. The Kier molecular flexibility index (Phi) is 19.1. The van der Waals surface area contributed by atoms with E-state index in [1.54, 1.807) is 23.5 Å². The molecule has 5 aromatic rings. The number of carbonyl (C=O) groups excluding carboxylic acids is 1. The summed E-state index contributed by atoms with van der Waals surface area (Å²) in [6, 6.07) is 25.3. The van der Waals surface area contributed by atoms with Gasteiger partial charge in [0.25, 0.3) is 0 Å². The maximum Gasteiger partial charge on any atom is 0.323 e. The highest BCUT2D eigenvalue weighted by Crippen LogP contribution is 2.34. The van der Waals surface area contributed by atoms with Gasteiger partial charge in [0, 0.05) is 95.7 Å². The number of ether oxygens (including phenoxy) is 1. The van der Waals surface area contributed by atoms with Gasteiger partial charge in [-0.1, -0.05) is 62.8 Å². The number of amides is 1. The minimum atomic E-state index is -0.670. The van der Waals surface area contributed by atoms with Crippen LogP contribution in [0.2, 0.25) is 6.04 Å². The molecule has 366 valence electrons. The Labute approximate surface area is 409 Å². The van der Waals surface area contributed by atoms with Crippen LogP contribution in [0.3, 0.4) is 0 Å². The third kappa shape index (κ3) is 14.8. The van der Waals surface area contributed by atoms with E-state index in [9.17, 15) is 9.90 Å². The first-order chi connectivity index (χ1) is 33.4. The molecular weight excluding hydrogens is 889 g/mol. The first kappa shape index (κ1) is 49.5. The van der Waals surface area contributed by atoms with Crippen LogP contribution < -0.4 is 41.1 Å². The van der Waals surface area contributed by atoms with Crippen molar-refractivity contribution in [3.63, 3.8) is 0 Å². The SMILES string of the molecule is CN(CCOc1nc(NC(Cc2ccc(O)cc2)C(=O)NCCC[SiH2]N2CCNCCNCCNCC2)nc(N(C2CCCCC2)C2CCCCC2)n1)c1ccc(-c2nc3ccccc3s2)cc1. The van der Waals surface area contributed by atoms with Gasteiger partial charge in [-0.2, -0.15) is 15.0 Å². The second-order valence-corrected chi connectivity index (χ2v) is 21.8. The van der Waals surface area contributed by atoms with Crippen molar-refractivity contribution in [2.24, 2.45) is 0 Å². The van der Waals surface area contributed by atoms with Crippen LogP contribution in [0.25, 0.3) is 20.8 Å². The third-order valence-corrected chi connectivity index (χ3v) is 16.8. The number of hydrogen-bond donors (Lipinski definition) is 6. The molecule has 15 nitrogen and oxygen atoms in total. The number of nitrogens with zero attached hydrogens (tertiary/aromatic N) is 7. The molecule has 1 amide bonds. The van der Waals surface area contributed by atoms with Crippen LogP contribution in [0.15, 0.2) is 72.8 Å². The van der Waals surface area contributed by atoms with Gasteiger partial charge in [0.15, 0.2) is 0 Å². The number of aromatic hydroxyl groups is 1. The molecule has 3 aliphatic rings. The average Bonchev–Trinajstić information content (AvgIpc) is 3.80. The van der Waals surface area contributed by atoms with Crippen molar-refractivity contribution < 1.29 is 14.6 Å². The molecule has 8 rings (SSSR count). The summed E-state index contributed by atoms with van der Waals surface area (Å²) >= 11 is 1.71. The van der Waals surface area contributed by atoms with Crippen LogP contribution in [0.1, 0.15) is 76.2 Å². The van der Waals surface area contributed by atoms with Crippen LogP contribution in [0, 0.1) is 0 Å². The van der Waals surface area contributed by atoms with Gasteiger partial charge in [0.2, 0.25) is 17.8 Å². The summed E-state index contributed by atoms with van der Waals surface area (Å²) in [7, 11) is 1.60. The molecule has 2 saturated carbocycles. The highest BCUT2D eigenvalue weighted by Gasteiger charge is 2.32. The number of hydrogen-bond acceptors (Lipinski definition) is 15. The third-order valence-electron chi connectivity index (χ3n) is 13.6. The molecule has 0 spiro atoms.